The third kappa shape index (κ3) is 3.71. The third-order valence-electron chi connectivity index (χ3n) is 3.33. The molecule has 2 rings (SSSR count). The quantitative estimate of drug-likeness (QED) is 0.861. The standard InChI is InChI=1S/C13H20BrClN2OS/c1-3-4-17-5-6-18-10(8-16-2)12(17)11-7-9(14)13(15)19-11/h7,10,12,16H,3-6,8H2,1-2H3. The van der Waals surface area contributed by atoms with Crippen molar-refractivity contribution in [3.63, 3.8) is 0 Å². The van der Waals surface area contributed by atoms with Gasteiger partial charge < -0.3 is 10.1 Å². The topological polar surface area (TPSA) is 24.5 Å². The highest BCUT2D eigenvalue weighted by Gasteiger charge is 2.34. The number of hydrogen-bond donors (Lipinski definition) is 1. The summed E-state index contributed by atoms with van der Waals surface area (Å²) in [6, 6.07) is 2.44. The second-order valence-corrected chi connectivity index (χ2v) is 7.26. The summed E-state index contributed by atoms with van der Waals surface area (Å²) in [7, 11) is 1.97. The molecule has 0 bridgehead atoms. The molecule has 1 aliphatic rings. The lowest BCUT2D eigenvalue weighted by molar-refractivity contribution is -0.0692. The normalized spacial score (nSPS) is 24.8. The number of likely N-dealkylation sites (N-methyl/N-ethyl adjacent to an activating group) is 1. The average molecular weight is 368 g/mol. The summed E-state index contributed by atoms with van der Waals surface area (Å²) >= 11 is 11.3. The van der Waals surface area contributed by atoms with Crippen LogP contribution in [0.3, 0.4) is 0 Å². The van der Waals surface area contributed by atoms with Crippen LogP contribution in [0.4, 0.5) is 0 Å². The summed E-state index contributed by atoms with van der Waals surface area (Å²) in [5.41, 5.74) is 0. The van der Waals surface area contributed by atoms with E-state index in [2.05, 4.69) is 39.1 Å². The predicted octanol–water partition coefficient (Wildman–Crippen LogP) is 3.54. The van der Waals surface area contributed by atoms with Gasteiger partial charge in [0.05, 0.1) is 18.8 Å². The van der Waals surface area contributed by atoms with E-state index in [-0.39, 0.29) is 6.10 Å². The largest absolute Gasteiger partial charge is 0.374 e. The van der Waals surface area contributed by atoms with Gasteiger partial charge >= 0.3 is 0 Å². The van der Waals surface area contributed by atoms with Gasteiger partial charge in [0.1, 0.15) is 4.34 Å². The minimum atomic E-state index is 0.187. The fourth-order valence-electron chi connectivity index (χ4n) is 2.57. The van der Waals surface area contributed by atoms with Crippen molar-refractivity contribution in [1.82, 2.24) is 10.2 Å². The van der Waals surface area contributed by atoms with Crippen LogP contribution in [0.25, 0.3) is 0 Å². The average Bonchev–Trinajstić information content (AvgIpc) is 2.70. The van der Waals surface area contributed by atoms with E-state index in [1.165, 1.54) is 4.88 Å². The van der Waals surface area contributed by atoms with E-state index in [0.717, 1.165) is 41.5 Å². The first-order valence-corrected chi connectivity index (χ1v) is 8.61. The number of halogens is 2. The Morgan fingerprint density at radius 2 is 2.42 bits per heavy atom. The van der Waals surface area contributed by atoms with Gasteiger partial charge in [0.25, 0.3) is 0 Å². The molecule has 0 radical (unpaired) electrons. The zero-order valence-electron chi connectivity index (χ0n) is 11.3. The van der Waals surface area contributed by atoms with Crippen molar-refractivity contribution in [1.29, 1.82) is 0 Å². The number of ether oxygens (including phenoxy) is 1. The van der Waals surface area contributed by atoms with Crippen LogP contribution in [0.2, 0.25) is 4.34 Å². The fraction of sp³-hybridized carbons (Fsp3) is 0.692. The van der Waals surface area contributed by atoms with Gasteiger partial charge in [-0.25, -0.2) is 0 Å². The van der Waals surface area contributed by atoms with Crippen molar-refractivity contribution in [2.75, 3.05) is 33.3 Å². The summed E-state index contributed by atoms with van der Waals surface area (Å²) in [4.78, 5) is 3.80. The lowest BCUT2D eigenvalue weighted by Gasteiger charge is -2.40. The molecule has 19 heavy (non-hydrogen) atoms. The predicted molar refractivity (Wildman–Crippen MR) is 85.3 cm³/mol. The van der Waals surface area contributed by atoms with Crippen LogP contribution in [-0.2, 0) is 4.74 Å². The van der Waals surface area contributed by atoms with Gasteiger partial charge in [0, 0.05) is 22.4 Å². The first-order chi connectivity index (χ1) is 9.17. The van der Waals surface area contributed by atoms with Gasteiger partial charge in [0.15, 0.2) is 0 Å². The minimum Gasteiger partial charge on any atom is -0.374 e. The first kappa shape index (κ1) is 15.7. The van der Waals surface area contributed by atoms with Crippen LogP contribution in [0, 0.1) is 0 Å². The van der Waals surface area contributed by atoms with E-state index in [4.69, 9.17) is 16.3 Å². The Hall–Kier alpha value is 0.350. The van der Waals surface area contributed by atoms with Crippen molar-refractivity contribution in [2.45, 2.75) is 25.5 Å². The third-order valence-corrected chi connectivity index (χ3v) is 5.87. The maximum Gasteiger partial charge on any atom is 0.107 e. The molecule has 2 unspecified atom stereocenters. The number of thiophene rings is 1. The van der Waals surface area contributed by atoms with E-state index in [0.29, 0.717) is 6.04 Å². The van der Waals surface area contributed by atoms with Gasteiger partial charge in [0.2, 0.25) is 0 Å². The molecule has 0 aliphatic carbocycles. The highest BCUT2D eigenvalue weighted by Crippen LogP contribution is 2.40. The maximum absolute atomic E-state index is 6.19. The Bertz CT molecular complexity index is 378. The molecule has 1 saturated heterocycles. The molecule has 0 amide bonds. The van der Waals surface area contributed by atoms with Gasteiger partial charge in [-0.1, -0.05) is 18.5 Å². The molecule has 0 aromatic carbocycles. The van der Waals surface area contributed by atoms with Gasteiger partial charge in [-0.05, 0) is 42.0 Å². The summed E-state index contributed by atoms with van der Waals surface area (Å²) < 4.78 is 7.76. The Balaban J connectivity index is 2.25. The summed E-state index contributed by atoms with van der Waals surface area (Å²) in [6.07, 6.45) is 1.34. The van der Waals surface area contributed by atoms with E-state index >= 15 is 0 Å². The highest BCUT2D eigenvalue weighted by atomic mass is 79.9. The van der Waals surface area contributed by atoms with Crippen molar-refractivity contribution < 1.29 is 4.74 Å². The van der Waals surface area contributed by atoms with Crippen LogP contribution in [0.1, 0.15) is 24.3 Å². The number of morpholine rings is 1. The summed E-state index contributed by atoms with van der Waals surface area (Å²) in [6.45, 7) is 5.98. The molecule has 2 heterocycles. The molecule has 2 atom stereocenters. The highest BCUT2D eigenvalue weighted by molar-refractivity contribution is 9.10. The smallest absolute Gasteiger partial charge is 0.107 e. The Morgan fingerprint density at radius 3 is 3.00 bits per heavy atom. The minimum absolute atomic E-state index is 0.187. The van der Waals surface area contributed by atoms with Crippen LogP contribution in [-0.4, -0.2) is 44.3 Å². The molecule has 1 aliphatic heterocycles. The number of nitrogens with zero attached hydrogens (tertiary/aromatic N) is 1. The van der Waals surface area contributed by atoms with E-state index < -0.39 is 0 Å². The summed E-state index contributed by atoms with van der Waals surface area (Å²) in [5, 5.41) is 3.23. The number of nitrogens with one attached hydrogen (secondary N) is 1. The lowest BCUT2D eigenvalue weighted by Crippen LogP contribution is -2.48. The second-order valence-electron chi connectivity index (χ2n) is 4.72. The molecule has 1 N–H and O–H groups in total. The van der Waals surface area contributed by atoms with Crippen molar-refractivity contribution in [3.05, 3.63) is 19.8 Å². The number of hydrogen-bond acceptors (Lipinski definition) is 4. The monoisotopic (exact) mass is 366 g/mol. The molecule has 1 aromatic heterocycles. The fourth-order valence-corrected chi connectivity index (χ4v) is 4.49. The van der Waals surface area contributed by atoms with E-state index in [9.17, 15) is 0 Å². The van der Waals surface area contributed by atoms with Crippen LogP contribution in [0.15, 0.2) is 10.5 Å². The van der Waals surface area contributed by atoms with Crippen LogP contribution < -0.4 is 5.32 Å². The van der Waals surface area contributed by atoms with Crippen molar-refractivity contribution in [2.24, 2.45) is 0 Å². The molecule has 6 heteroatoms. The molecular weight excluding hydrogens is 348 g/mol. The maximum atomic E-state index is 6.19. The number of rotatable bonds is 5. The first-order valence-electron chi connectivity index (χ1n) is 6.62. The van der Waals surface area contributed by atoms with Gasteiger partial charge in [-0.3, -0.25) is 4.90 Å². The molecule has 0 spiro atoms. The summed E-state index contributed by atoms with van der Waals surface area (Å²) in [5.74, 6) is 0. The van der Waals surface area contributed by atoms with Gasteiger partial charge in [-0.15, -0.1) is 11.3 Å². The van der Waals surface area contributed by atoms with Crippen molar-refractivity contribution in [3.8, 4) is 0 Å². The Labute approximate surface area is 132 Å². The molecule has 1 fully saturated rings. The van der Waals surface area contributed by atoms with E-state index in [1.54, 1.807) is 11.3 Å². The Morgan fingerprint density at radius 1 is 1.63 bits per heavy atom. The molecule has 3 nitrogen and oxygen atoms in total. The lowest BCUT2D eigenvalue weighted by atomic mass is 10.0. The Kier molecular flexibility index (Phi) is 6.11. The van der Waals surface area contributed by atoms with Gasteiger partial charge in [-0.2, -0.15) is 0 Å². The molecular formula is C13H20BrClN2OS. The van der Waals surface area contributed by atoms with Crippen LogP contribution >= 0.6 is 38.9 Å². The SMILES string of the molecule is CCCN1CCOC(CNC)C1c1cc(Br)c(Cl)s1. The molecule has 108 valence electrons. The van der Waals surface area contributed by atoms with Crippen LogP contribution in [0.5, 0.6) is 0 Å². The zero-order valence-corrected chi connectivity index (χ0v) is 14.4. The van der Waals surface area contributed by atoms with E-state index in [1.807, 2.05) is 7.05 Å². The van der Waals surface area contributed by atoms with Crippen molar-refractivity contribution >= 4 is 38.9 Å². The second kappa shape index (κ2) is 7.38. The zero-order chi connectivity index (χ0) is 13.8. The molecule has 0 saturated carbocycles. The molecule has 1 aromatic rings.